The third kappa shape index (κ3) is 3.57. The summed E-state index contributed by atoms with van der Waals surface area (Å²) < 4.78 is 0. The van der Waals surface area contributed by atoms with Gasteiger partial charge in [-0.25, -0.2) is 0 Å². The number of halogens is 1. The van der Waals surface area contributed by atoms with Crippen molar-refractivity contribution in [3.05, 3.63) is 30.3 Å². The third-order valence-electron chi connectivity index (χ3n) is 3.67. The van der Waals surface area contributed by atoms with Gasteiger partial charge in [0.25, 0.3) is 0 Å². The number of piperidine rings is 1. The van der Waals surface area contributed by atoms with Gasteiger partial charge in [0.15, 0.2) is 0 Å². The second-order valence-corrected chi connectivity index (χ2v) is 6.57. The molecule has 1 saturated heterocycles. The molecule has 0 N–H and O–H groups in total. The number of carbonyl (C=O) groups excluding carboxylic acids is 1. The van der Waals surface area contributed by atoms with Gasteiger partial charge in [-0.1, -0.05) is 34.1 Å². The molecule has 0 bridgehead atoms. The maximum absolute atomic E-state index is 12.5. The van der Waals surface area contributed by atoms with Crippen LogP contribution in [0.1, 0.15) is 19.8 Å². The van der Waals surface area contributed by atoms with Gasteiger partial charge in [-0.2, -0.15) is 0 Å². The molecule has 3 nitrogen and oxygen atoms in total. The lowest BCUT2D eigenvalue weighted by molar-refractivity contribution is -0.118. The molecule has 0 aromatic heterocycles. The van der Waals surface area contributed by atoms with Crippen molar-refractivity contribution in [2.75, 3.05) is 25.0 Å². The zero-order valence-electron chi connectivity index (χ0n) is 11.6. The summed E-state index contributed by atoms with van der Waals surface area (Å²) >= 11 is 3.41. The summed E-state index contributed by atoms with van der Waals surface area (Å²) in [7, 11) is 2.14. The molecule has 0 unspecified atom stereocenters. The summed E-state index contributed by atoms with van der Waals surface area (Å²) in [5, 5.41) is 0. The van der Waals surface area contributed by atoms with Crippen LogP contribution < -0.4 is 4.90 Å². The first kappa shape index (κ1) is 14.5. The lowest BCUT2D eigenvalue weighted by atomic mass is 10.0. The normalized spacial score (nSPS) is 19.1. The Labute approximate surface area is 123 Å². The number of alkyl halides is 1. The molecule has 0 spiro atoms. The first-order chi connectivity index (χ1) is 9.09. The molecular weight excluding hydrogens is 304 g/mol. The van der Waals surface area contributed by atoms with Crippen molar-refractivity contribution in [2.24, 2.45) is 0 Å². The summed E-state index contributed by atoms with van der Waals surface area (Å²) in [6.07, 6.45) is 2.08. The van der Waals surface area contributed by atoms with E-state index in [9.17, 15) is 4.79 Å². The molecule has 1 amide bonds. The Kier molecular flexibility index (Phi) is 4.99. The smallest absolute Gasteiger partial charge is 0.240 e. The van der Waals surface area contributed by atoms with Crippen LogP contribution in [0.4, 0.5) is 5.69 Å². The third-order valence-corrected chi connectivity index (χ3v) is 4.06. The van der Waals surface area contributed by atoms with E-state index in [-0.39, 0.29) is 10.7 Å². The molecular formula is C15H21BrN2O. The molecule has 1 heterocycles. The highest BCUT2D eigenvalue weighted by atomic mass is 79.9. The minimum atomic E-state index is -0.146. The van der Waals surface area contributed by atoms with Crippen LogP contribution in [-0.4, -0.2) is 41.8 Å². The topological polar surface area (TPSA) is 23.6 Å². The van der Waals surface area contributed by atoms with Crippen LogP contribution in [0, 0.1) is 0 Å². The van der Waals surface area contributed by atoms with Crippen LogP contribution in [0.2, 0.25) is 0 Å². The Morgan fingerprint density at radius 2 is 1.89 bits per heavy atom. The van der Waals surface area contributed by atoms with Gasteiger partial charge in [0.2, 0.25) is 5.91 Å². The van der Waals surface area contributed by atoms with Crippen LogP contribution in [0.3, 0.4) is 0 Å². The highest BCUT2D eigenvalue weighted by Gasteiger charge is 2.29. The minimum absolute atomic E-state index is 0.146. The van der Waals surface area contributed by atoms with Crippen molar-refractivity contribution in [3.63, 3.8) is 0 Å². The summed E-state index contributed by atoms with van der Waals surface area (Å²) in [6.45, 7) is 4.00. The first-order valence-electron chi connectivity index (χ1n) is 6.80. The van der Waals surface area contributed by atoms with E-state index in [2.05, 4.69) is 27.9 Å². The van der Waals surface area contributed by atoms with Crippen molar-refractivity contribution < 1.29 is 4.79 Å². The molecule has 104 valence electrons. The predicted octanol–water partition coefficient (Wildman–Crippen LogP) is 2.90. The molecule has 0 radical (unpaired) electrons. The number of nitrogens with zero attached hydrogens (tertiary/aromatic N) is 2. The van der Waals surface area contributed by atoms with Crippen molar-refractivity contribution in [3.8, 4) is 0 Å². The van der Waals surface area contributed by atoms with E-state index in [0.29, 0.717) is 6.04 Å². The number of rotatable bonds is 3. The van der Waals surface area contributed by atoms with Crippen LogP contribution in [0.15, 0.2) is 30.3 Å². The zero-order chi connectivity index (χ0) is 13.8. The Morgan fingerprint density at radius 1 is 1.32 bits per heavy atom. The SMILES string of the molecule is C[C@H](Br)C(=O)N(c1ccccc1)C1CCN(C)CC1. The fraction of sp³-hybridized carbons (Fsp3) is 0.533. The lowest BCUT2D eigenvalue weighted by Gasteiger charge is -2.38. The largest absolute Gasteiger partial charge is 0.308 e. The van der Waals surface area contributed by atoms with Crippen LogP contribution in [-0.2, 0) is 4.79 Å². The fourth-order valence-corrected chi connectivity index (χ4v) is 2.77. The zero-order valence-corrected chi connectivity index (χ0v) is 13.1. The fourth-order valence-electron chi connectivity index (χ4n) is 2.55. The monoisotopic (exact) mass is 324 g/mol. The first-order valence-corrected chi connectivity index (χ1v) is 7.72. The number of likely N-dealkylation sites (tertiary alicyclic amines) is 1. The van der Waals surface area contributed by atoms with Gasteiger partial charge in [0.05, 0.1) is 4.83 Å². The molecule has 2 rings (SSSR count). The molecule has 0 aliphatic carbocycles. The number of amides is 1. The Balaban J connectivity index is 2.22. The van der Waals surface area contributed by atoms with Crippen LogP contribution in [0.5, 0.6) is 0 Å². The number of hydrogen-bond acceptors (Lipinski definition) is 2. The molecule has 0 saturated carbocycles. The van der Waals surface area contributed by atoms with Gasteiger partial charge in [-0.3, -0.25) is 4.79 Å². The molecule has 19 heavy (non-hydrogen) atoms. The average Bonchev–Trinajstić information content (AvgIpc) is 2.42. The average molecular weight is 325 g/mol. The summed E-state index contributed by atoms with van der Waals surface area (Å²) in [5.74, 6) is 0.153. The number of hydrogen-bond donors (Lipinski definition) is 0. The van der Waals surface area contributed by atoms with Crippen LogP contribution in [0.25, 0.3) is 0 Å². The Morgan fingerprint density at radius 3 is 2.42 bits per heavy atom. The lowest BCUT2D eigenvalue weighted by Crippen LogP contribution is -2.48. The van der Waals surface area contributed by atoms with Crippen molar-refractivity contribution >= 4 is 27.5 Å². The number of benzene rings is 1. The van der Waals surface area contributed by atoms with E-state index in [1.54, 1.807) is 0 Å². The molecule has 1 atom stereocenters. The Hall–Kier alpha value is -0.870. The maximum Gasteiger partial charge on any atom is 0.240 e. The van der Waals surface area contributed by atoms with E-state index < -0.39 is 0 Å². The van der Waals surface area contributed by atoms with Crippen LogP contribution >= 0.6 is 15.9 Å². The molecule has 1 aliphatic heterocycles. The molecule has 1 fully saturated rings. The summed E-state index contributed by atoms with van der Waals surface area (Å²) in [4.78, 5) is 16.6. The minimum Gasteiger partial charge on any atom is -0.308 e. The van der Waals surface area contributed by atoms with E-state index >= 15 is 0 Å². The second kappa shape index (κ2) is 6.53. The van der Waals surface area contributed by atoms with E-state index in [1.165, 1.54) is 0 Å². The summed E-state index contributed by atoms with van der Waals surface area (Å²) in [5.41, 5.74) is 1.01. The highest BCUT2D eigenvalue weighted by molar-refractivity contribution is 9.10. The number of para-hydroxylation sites is 1. The van der Waals surface area contributed by atoms with Gasteiger partial charge in [0, 0.05) is 11.7 Å². The standard InChI is InChI=1S/C15H21BrN2O/c1-12(16)15(19)18(13-6-4-3-5-7-13)14-8-10-17(2)11-9-14/h3-7,12,14H,8-11H2,1-2H3/t12-/m0/s1. The molecule has 4 heteroatoms. The van der Waals surface area contributed by atoms with Gasteiger partial charge in [0.1, 0.15) is 0 Å². The quantitative estimate of drug-likeness (QED) is 0.798. The molecule has 1 aliphatic rings. The van der Waals surface area contributed by atoms with E-state index in [4.69, 9.17) is 0 Å². The van der Waals surface area contributed by atoms with Gasteiger partial charge >= 0.3 is 0 Å². The molecule has 1 aromatic rings. The predicted molar refractivity (Wildman–Crippen MR) is 82.8 cm³/mol. The van der Waals surface area contributed by atoms with Crippen molar-refractivity contribution in [1.29, 1.82) is 0 Å². The van der Waals surface area contributed by atoms with Crippen molar-refractivity contribution in [2.45, 2.75) is 30.6 Å². The molecule has 1 aromatic carbocycles. The van der Waals surface area contributed by atoms with E-state index in [0.717, 1.165) is 31.6 Å². The van der Waals surface area contributed by atoms with E-state index in [1.807, 2.05) is 42.2 Å². The number of carbonyl (C=O) groups is 1. The van der Waals surface area contributed by atoms with Gasteiger partial charge < -0.3 is 9.80 Å². The Bertz CT molecular complexity index is 413. The second-order valence-electron chi connectivity index (χ2n) is 5.19. The summed E-state index contributed by atoms with van der Waals surface area (Å²) in [6, 6.07) is 10.3. The highest BCUT2D eigenvalue weighted by Crippen LogP contribution is 2.25. The number of anilines is 1. The van der Waals surface area contributed by atoms with Gasteiger partial charge in [-0.15, -0.1) is 0 Å². The van der Waals surface area contributed by atoms with Crippen molar-refractivity contribution in [1.82, 2.24) is 4.90 Å². The van der Waals surface area contributed by atoms with Gasteiger partial charge in [-0.05, 0) is 52.0 Å². The maximum atomic E-state index is 12.5.